The molecule has 92 valence electrons. The van der Waals surface area contributed by atoms with Gasteiger partial charge in [-0.1, -0.05) is 48.3 Å². The van der Waals surface area contributed by atoms with Gasteiger partial charge in [-0.3, -0.25) is 10.1 Å². The first-order chi connectivity index (χ1) is 8.05. The van der Waals surface area contributed by atoms with Gasteiger partial charge in [0, 0.05) is 17.5 Å². The summed E-state index contributed by atoms with van der Waals surface area (Å²) in [7, 11) is 0. The number of hydrogen-bond donors (Lipinski definition) is 0. The highest BCUT2D eigenvalue weighted by Crippen LogP contribution is 2.62. The lowest BCUT2D eigenvalue weighted by atomic mass is 9.93. The zero-order valence-electron chi connectivity index (χ0n) is 10.0. The molecule has 0 bridgehead atoms. The van der Waals surface area contributed by atoms with Gasteiger partial charge < -0.3 is 0 Å². The lowest BCUT2D eigenvalue weighted by molar-refractivity contribution is -0.384. The van der Waals surface area contributed by atoms with Crippen molar-refractivity contribution in [2.45, 2.75) is 25.7 Å². The minimum Gasteiger partial charge on any atom is -0.258 e. The van der Waals surface area contributed by atoms with E-state index in [1.54, 1.807) is 18.2 Å². The van der Waals surface area contributed by atoms with Crippen LogP contribution >= 0.6 is 15.9 Å². The summed E-state index contributed by atoms with van der Waals surface area (Å²) in [6.07, 6.45) is 1.12. The van der Waals surface area contributed by atoms with E-state index in [0.717, 1.165) is 17.3 Å². The van der Waals surface area contributed by atoms with Crippen LogP contribution in [0, 0.1) is 22.0 Å². The number of alkyl halides is 1. The van der Waals surface area contributed by atoms with E-state index in [0.29, 0.717) is 11.8 Å². The summed E-state index contributed by atoms with van der Waals surface area (Å²) in [6.45, 7) is 4.40. The predicted octanol–water partition coefficient (Wildman–Crippen LogP) is 3.90. The van der Waals surface area contributed by atoms with Gasteiger partial charge >= 0.3 is 0 Å². The molecule has 1 aromatic rings. The molecule has 4 heteroatoms. The molecule has 0 spiro atoms. The van der Waals surface area contributed by atoms with Crippen molar-refractivity contribution in [3.05, 3.63) is 39.9 Å². The third-order valence-electron chi connectivity index (χ3n) is 4.20. The molecule has 1 aliphatic carbocycles. The standard InChI is InChI=1S/C13H16BrNO2/c1-3-11-12(8-14)13(11,2)9-5-4-6-10(7-9)15(16)17/h4-7,11-12H,3,8H2,1-2H3. The fourth-order valence-corrected chi connectivity index (χ4v) is 4.18. The molecular formula is C13H16BrNO2. The number of rotatable bonds is 4. The smallest absolute Gasteiger partial charge is 0.258 e. The van der Waals surface area contributed by atoms with Crippen molar-refractivity contribution in [1.82, 2.24) is 0 Å². The first-order valence-corrected chi connectivity index (χ1v) is 6.98. The second-order valence-electron chi connectivity index (χ2n) is 4.87. The third kappa shape index (κ3) is 1.88. The predicted molar refractivity (Wildman–Crippen MR) is 71.5 cm³/mol. The maximum absolute atomic E-state index is 10.8. The maximum Gasteiger partial charge on any atom is 0.269 e. The topological polar surface area (TPSA) is 43.1 Å². The molecular weight excluding hydrogens is 282 g/mol. The maximum atomic E-state index is 10.8. The van der Waals surface area contributed by atoms with Gasteiger partial charge in [0.05, 0.1) is 4.92 Å². The number of nitro benzene ring substituents is 1. The third-order valence-corrected chi connectivity index (χ3v) is 4.90. The fraction of sp³-hybridized carbons (Fsp3) is 0.538. The minimum absolute atomic E-state index is 0.101. The van der Waals surface area contributed by atoms with E-state index in [1.165, 1.54) is 0 Å². The van der Waals surface area contributed by atoms with E-state index in [1.807, 2.05) is 6.07 Å². The number of nitrogens with zero attached hydrogens (tertiary/aromatic N) is 1. The Hall–Kier alpha value is -0.900. The molecule has 0 N–H and O–H groups in total. The summed E-state index contributed by atoms with van der Waals surface area (Å²) >= 11 is 3.54. The Morgan fingerprint density at radius 1 is 1.47 bits per heavy atom. The van der Waals surface area contributed by atoms with Crippen LogP contribution in [0.2, 0.25) is 0 Å². The van der Waals surface area contributed by atoms with E-state index >= 15 is 0 Å². The Morgan fingerprint density at radius 3 is 2.65 bits per heavy atom. The van der Waals surface area contributed by atoms with Crippen molar-refractivity contribution in [3.8, 4) is 0 Å². The summed E-state index contributed by atoms with van der Waals surface area (Å²) in [5, 5.41) is 11.8. The highest BCUT2D eigenvalue weighted by molar-refractivity contribution is 9.09. The zero-order chi connectivity index (χ0) is 12.6. The average molecular weight is 298 g/mol. The number of non-ortho nitro benzene ring substituents is 1. The molecule has 1 aromatic carbocycles. The van der Waals surface area contributed by atoms with Gasteiger partial charge in [0.25, 0.3) is 5.69 Å². The molecule has 0 amide bonds. The molecule has 0 heterocycles. The SMILES string of the molecule is CCC1C(CBr)C1(C)c1cccc([N+](=O)[O-])c1. The zero-order valence-corrected chi connectivity index (χ0v) is 11.6. The van der Waals surface area contributed by atoms with Gasteiger partial charge in [0.2, 0.25) is 0 Å². The molecule has 0 aromatic heterocycles. The van der Waals surface area contributed by atoms with Crippen LogP contribution < -0.4 is 0 Å². The van der Waals surface area contributed by atoms with Crippen molar-refractivity contribution >= 4 is 21.6 Å². The molecule has 1 fully saturated rings. The van der Waals surface area contributed by atoms with Gasteiger partial charge in [-0.25, -0.2) is 0 Å². The van der Waals surface area contributed by atoms with Gasteiger partial charge in [-0.2, -0.15) is 0 Å². The second kappa shape index (κ2) is 4.41. The lowest BCUT2D eigenvalue weighted by Crippen LogP contribution is -2.07. The molecule has 1 aliphatic rings. The first-order valence-electron chi connectivity index (χ1n) is 5.86. The van der Waals surface area contributed by atoms with Crippen LogP contribution in [0.1, 0.15) is 25.8 Å². The van der Waals surface area contributed by atoms with Crippen LogP contribution in [0.25, 0.3) is 0 Å². The fourth-order valence-electron chi connectivity index (χ4n) is 3.06. The minimum atomic E-state index is -0.320. The summed E-state index contributed by atoms with van der Waals surface area (Å²) < 4.78 is 0. The second-order valence-corrected chi connectivity index (χ2v) is 5.51. The Bertz CT molecular complexity index is 437. The molecule has 1 saturated carbocycles. The van der Waals surface area contributed by atoms with E-state index < -0.39 is 0 Å². The number of benzene rings is 1. The molecule has 0 aliphatic heterocycles. The van der Waals surface area contributed by atoms with Crippen LogP contribution in [0.5, 0.6) is 0 Å². The van der Waals surface area contributed by atoms with E-state index in [4.69, 9.17) is 0 Å². The van der Waals surface area contributed by atoms with Crippen molar-refractivity contribution in [3.63, 3.8) is 0 Å². The first kappa shape index (κ1) is 12.6. The average Bonchev–Trinajstić information content (AvgIpc) is 2.95. The van der Waals surface area contributed by atoms with Crippen LogP contribution in [0.15, 0.2) is 24.3 Å². The van der Waals surface area contributed by atoms with Gasteiger partial charge in [0.15, 0.2) is 0 Å². The molecule has 3 nitrogen and oxygen atoms in total. The van der Waals surface area contributed by atoms with Crippen molar-refractivity contribution in [2.75, 3.05) is 5.33 Å². The van der Waals surface area contributed by atoms with Crippen molar-refractivity contribution in [1.29, 1.82) is 0 Å². The highest BCUT2D eigenvalue weighted by Gasteiger charge is 2.59. The Kier molecular flexibility index (Phi) is 3.25. The van der Waals surface area contributed by atoms with E-state index in [9.17, 15) is 10.1 Å². The van der Waals surface area contributed by atoms with Crippen molar-refractivity contribution in [2.24, 2.45) is 11.8 Å². The Balaban J connectivity index is 2.35. The molecule has 17 heavy (non-hydrogen) atoms. The van der Waals surface area contributed by atoms with E-state index in [-0.39, 0.29) is 16.0 Å². The number of halogens is 1. The quantitative estimate of drug-likeness (QED) is 0.480. The molecule has 3 atom stereocenters. The molecule has 0 saturated heterocycles. The Morgan fingerprint density at radius 2 is 2.18 bits per heavy atom. The molecule has 3 unspecified atom stereocenters. The monoisotopic (exact) mass is 297 g/mol. The van der Waals surface area contributed by atoms with Gasteiger partial charge in [-0.15, -0.1) is 0 Å². The number of nitro groups is 1. The Labute approximate surface area is 110 Å². The summed E-state index contributed by atoms with van der Waals surface area (Å²) in [5.74, 6) is 1.22. The van der Waals surface area contributed by atoms with Crippen LogP contribution in [-0.2, 0) is 5.41 Å². The molecule has 2 rings (SSSR count). The normalized spacial score (nSPS) is 31.2. The summed E-state index contributed by atoms with van der Waals surface area (Å²) in [4.78, 5) is 10.5. The van der Waals surface area contributed by atoms with Gasteiger partial charge in [0.1, 0.15) is 0 Å². The van der Waals surface area contributed by atoms with Crippen LogP contribution in [-0.4, -0.2) is 10.3 Å². The number of hydrogen-bond acceptors (Lipinski definition) is 2. The molecule has 0 radical (unpaired) electrons. The van der Waals surface area contributed by atoms with E-state index in [2.05, 4.69) is 29.8 Å². The lowest BCUT2D eigenvalue weighted by Gasteiger charge is -2.11. The summed E-state index contributed by atoms with van der Waals surface area (Å²) in [6, 6.07) is 7.08. The van der Waals surface area contributed by atoms with Crippen LogP contribution in [0.3, 0.4) is 0 Å². The van der Waals surface area contributed by atoms with Crippen LogP contribution in [0.4, 0.5) is 5.69 Å². The summed E-state index contributed by atoms with van der Waals surface area (Å²) in [5.41, 5.74) is 1.39. The van der Waals surface area contributed by atoms with Gasteiger partial charge in [-0.05, 0) is 22.8 Å². The largest absolute Gasteiger partial charge is 0.269 e. The van der Waals surface area contributed by atoms with Crippen molar-refractivity contribution < 1.29 is 4.92 Å². The highest BCUT2D eigenvalue weighted by atomic mass is 79.9.